The van der Waals surface area contributed by atoms with Gasteiger partial charge >= 0.3 is 37.7 Å². The third-order valence-electron chi connectivity index (χ3n) is 2.99. The fraction of sp³-hybridized carbons (Fsp3) is 0.833. The monoisotopic (exact) mass is 404 g/mol. The molecule has 10 N–H and O–H groups in total. The molecule has 0 aliphatic carbocycles. The number of aliphatic hydroxyl groups is 10. The predicted octanol–water partition coefficient (Wildman–Crippen LogP) is -15.6. The average Bonchev–Trinajstić information content (AvgIpc) is 2.62. The first kappa shape index (κ1) is 35.2. The molecule has 0 rings (SSSR count). The average molecular weight is 404 g/mol. The molecule has 156 valence electrons. The second-order valence-electron chi connectivity index (χ2n) is 4.99. The molecule has 0 aromatic heterocycles. The molecule has 0 spiro atoms. The number of rotatable bonds is 10. The molecule has 0 unspecified atom stereocenters. The van der Waals surface area contributed by atoms with E-state index in [-0.39, 0.29) is 37.7 Å². The van der Waals surface area contributed by atoms with E-state index in [2.05, 4.69) is 0 Å². The molecular formula is C12H22Li2O14. The van der Waals surface area contributed by atoms with Crippen LogP contribution in [0.3, 0.4) is 0 Å². The second-order valence-corrected chi connectivity index (χ2v) is 4.99. The van der Waals surface area contributed by atoms with Gasteiger partial charge in [0, 0.05) is 0 Å². The summed E-state index contributed by atoms with van der Waals surface area (Å²) in [6.07, 6.45) is -16.2. The summed E-state index contributed by atoms with van der Waals surface area (Å²) >= 11 is 0. The number of carbonyl (C=O) groups is 2. The Bertz CT molecular complexity index is 389. The minimum absolute atomic E-state index is 0. The molecule has 0 fully saturated rings. The molecule has 14 nitrogen and oxygen atoms in total. The van der Waals surface area contributed by atoms with Crippen molar-refractivity contribution in [2.45, 2.75) is 48.8 Å². The molecule has 0 aliphatic rings. The summed E-state index contributed by atoms with van der Waals surface area (Å²) in [5.74, 6) is -3.95. The van der Waals surface area contributed by atoms with Gasteiger partial charge < -0.3 is 70.9 Å². The van der Waals surface area contributed by atoms with Crippen LogP contribution in [0.1, 0.15) is 0 Å². The summed E-state index contributed by atoms with van der Waals surface area (Å²) in [5, 5.41) is 107. The van der Waals surface area contributed by atoms with Crippen molar-refractivity contribution in [3.05, 3.63) is 0 Å². The van der Waals surface area contributed by atoms with Gasteiger partial charge in [-0.2, -0.15) is 0 Å². The maximum absolute atomic E-state index is 9.98. The first-order chi connectivity index (χ1) is 11.8. The summed E-state index contributed by atoms with van der Waals surface area (Å²) < 4.78 is 0. The topological polar surface area (TPSA) is 283 Å². The Hall–Kier alpha value is -0.265. The zero-order valence-electron chi connectivity index (χ0n) is 15.1. The van der Waals surface area contributed by atoms with Gasteiger partial charge in [0.25, 0.3) is 0 Å². The van der Waals surface area contributed by atoms with Crippen LogP contribution in [0, 0.1) is 0 Å². The number of carboxylic acids is 2. The van der Waals surface area contributed by atoms with Crippen LogP contribution in [0.25, 0.3) is 0 Å². The molecule has 16 heteroatoms. The third-order valence-corrected chi connectivity index (χ3v) is 2.99. The molecule has 8 atom stereocenters. The van der Waals surface area contributed by atoms with Gasteiger partial charge in [0.1, 0.15) is 48.8 Å². The van der Waals surface area contributed by atoms with Crippen LogP contribution in [0.4, 0.5) is 0 Å². The Morgan fingerprint density at radius 2 is 0.786 bits per heavy atom. The third kappa shape index (κ3) is 12.3. The van der Waals surface area contributed by atoms with Gasteiger partial charge in [0.2, 0.25) is 0 Å². The smallest absolute Gasteiger partial charge is 0.547 e. The summed E-state index contributed by atoms with van der Waals surface area (Å²) in [6.45, 7) is -1.73. The summed E-state index contributed by atoms with van der Waals surface area (Å²) in [6, 6.07) is 0. The van der Waals surface area contributed by atoms with Gasteiger partial charge in [0.15, 0.2) is 0 Å². The van der Waals surface area contributed by atoms with Crippen LogP contribution in [0.5, 0.6) is 0 Å². The van der Waals surface area contributed by atoms with Crippen LogP contribution in [-0.2, 0) is 9.59 Å². The molecular weight excluding hydrogens is 382 g/mol. The maximum atomic E-state index is 9.98. The van der Waals surface area contributed by atoms with Crippen LogP contribution < -0.4 is 47.9 Å². The number of aliphatic carboxylic acids is 2. The van der Waals surface area contributed by atoms with Gasteiger partial charge in [-0.25, -0.2) is 0 Å². The Morgan fingerprint density at radius 1 is 0.571 bits per heavy atom. The molecule has 28 heavy (non-hydrogen) atoms. The first-order valence-corrected chi connectivity index (χ1v) is 6.91. The second kappa shape index (κ2) is 17.6. The van der Waals surface area contributed by atoms with E-state index in [1.807, 2.05) is 0 Å². The predicted molar refractivity (Wildman–Crippen MR) is 72.2 cm³/mol. The van der Waals surface area contributed by atoms with E-state index < -0.39 is 74.0 Å². The van der Waals surface area contributed by atoms with E-state index in [1.54, 1.807) is 0 Å². The molecule has 0 aromatic rings. The van der Waals surface area contributed by atoms with Crippen molar-refractivity contribution in [1.82, 2.24) is 0 Å². The Balaban J connectivity index is -0.000000192. The molecule has 0 bridgehead atoms. The summed E-state index contributed by atoms with van der Waals surface area (Å²) in [4.78, 5) is 20.0. The van der Waals surface area contributed by atoms with Crippen LogP contribution in [0.2, 0.25) is 0 Å². The number of carbonyl (C=O) groups excluding carboxylic acids is 2. The van der Waals surface area contributed by atoms with Crippen molar-refractivity contribution in [2.24, 2.45) is 0 Å². The van der Waals surface area contributed by atoms with Crippen molar-refractivity contribution in [3.63, 3.8) is 0 Å². The molecule has 0 heterocycles. The van der Waals surface area contributed by atoms with Gasteiger partial charge in [0.05, 0.1) is 25.2 Å². The number of hydrogen-bond acceptors (Lipinski definition) is 14. The molecule has 0 aromatic carbocycles. The van der Waals surface area contributed by atoms with Crippen molar-refractivity contribution in [1.29, 1.82) is 0 Å². The van der Waals surface area contributed by atoms with Crippen molar-refractivity contribution in [3.8, 4) is 0 Å². The zero-order valence-corrected chi connectivity index (χ0v) is 15.1. The van der Waals surface area contributed by atoms with Gasteiger partial charge in [-0.05, 0) is 0 Å². The molecule has 0 radical (unpaired) electrons. The van der Waals surface area contributed by atoms with Crippen molar-refractivity contribution in [2.75, 3.05) is 13.2 Å². The van der Waals surface area contributed by atoms with Crippen LogP contribution >= 0.6 is 0 Å². The molecule has 0 amide bonds. The molecule has 0 aliphatic heterocycles. The Morgan fingerprint density at radius 3 is 0.929 bits per heavy atom. The quantitative estimate of drug-likeness (QED) is 0.151. The van der Waals surface area contributed by atoms with E-state index in [1.165, 1.54) is 0 Å². The number of hydrogen-bond donors (Lipinski definition) is 10. The maximum Gasteiger partial charge on any atom is 1.00 e. The fourth-order valence-electron chi connectivity index (χ4n) is 1.32. The van der Waals surface area contributed by atoms with E-state index in [0.717, 1.165) is 0 Å². The van der Waals surface area contributed by atoms with Crippen molar-refractivity contribution >= 4 is 11.9 Å². The fourth-order valence-corrected chi connectivity index (χ4v) is 1.32. The summed E-state index contributed by atoms with van der Waals surface area (Å²) in [5.41, 5.74) is 0. The van der Waals surface area contributed by atoms with Gasteiger partial charge in [-0.3, -0.25) is 0 Å². The van der Waals surface area contributed by atoms with Crippen molar-refractivity contribution < 1.29 is 109 Å². The largest absolute Gasteiger partial charge is 1.00 e. The van der Waals surface area contributed by atoms with Crippen LogP contribution in [0.15, 0.2) is 0 Å². The Labute approximate surface area is 182 Å². The minimum atomic E-state index is -2.31. The van der Waals surface area contributed by atoms with Gasteiger partial charge in [-0.15, -0.1) is 0 Å². The number of aliphatic hydroxyl groups excluding tert-OH is 10. The SMILES string of the molecule is O=C([O-])[C@H](O)[C@@H](O)[C@H](O)[C@H](O)CO.O=C([O-])[C@H](O)[C@@H](O)[C@H](O)[C@H](O)CO.[Li+].[Li+]. The van der Waals surface area contributed by atoms with Gasteiger partial charge in [-0.1, -0.05) is 0 Å². The van der Waals surface area contributed by atoms with E-state index in [0.29, 0.717) is 0 Å². The van der Waals surface area contributed by atoms with E-state index in [4.69, 9.17) is 51.1 Å². The van der Waals surface area contributed by atoms with E-state index >= 15 is 0 Å². The molecule has 0 saturated heterocycles. The standard InChI is InChI=1S/2C6H12O7.2Li/c2*7-1-2(8)3(9)4(10)5(11)6(12)13;;/h2*2-5,7-11H,1H2,(H,12,13);;/q;;2*+1/p-2/t2*2-,3-,4+,5-;;/m11../s1. The normalized spacial score (nSPS) is 18.9. The summed E-state index contributed by atoms with van der Waals surface area (Å²) in [7, 11) is 0. The Kier molecular flexibility index (Phi) is 22.1. The minimum Gasteiger partial charge on any atom is -0.547 e. The first-order valence-electron chi connectivity index (χ1n) is 6.91. The zero-order chi connectivity index (χ0) is 21.2. The van der Waals surface area contributed by atoms with Crippen LogP contribution in [-0.4, -0.2) is 125 Å². The number of carboxylic acid groups (broad SMARTS) is 2. The van der Waals surface area contributed by atoms with E-state index in [9.17, 15) is 19.8 Å². The molecule has 0 saturated carbocycles.